The van der Waals surface area contributed by atoms with E-state index in [9.17, 15) is 0 Å². The summed E-state index contributed by atoms with van der Waals surface area (Å²) < 4.78 is 0. The van der Waals surface area contributed by atoms with Gasteiger partial charge in [-0.1, -0.05) is 18.2 Å². The van der Waals surface area contributed by atoms with E-state index in [4.69, 9.17) is 0 Å². The molecule has 0 aliphatic carbocycles. The fraction of sp³-hybridized carbons (Fsp3) is 0.500. The predicted octanol–water partition coefficient (Wildman–Crippen LogP) is 4.15. The van der Waals surface area contributed by atoms with Gasteiger partial charge in [-0.2, -0.15) is 0 Å². The van der Waals surface area contributed by atoms with Crippen LogP contribution in [0, 0.1) is 0 Å². The van der Waals surface area contributed by atoms with Gasteiger partial charge in [-0.25, -0.2) is 0 Å². The highest BCUT2D eigenvalue weighted by Gasteiger charge is 2.09. The highest BCUT2D eigenvalue weighted by molar-refractivity contribution is 7.98. The highest BCUT2D eigenvalue weighted by Crippen LogP contribution is 2.24. The summed E-state index contributed by atoms with van der Waals surface area (Å²) in [7, 11) is 0. The lowest BCUT2D eigenvalue weighted by atomic mass is 10.1. The number of hydrogen-bond donors (Lipinski definition) is 1. The average Bonchev–Trinajstić information content (AvgIpc) is 2.89. The maximum atomic E-state index is 4.29. The van der Waals surface area contributed by atoms with Gasteiger partial charge in [0.05, 0.1) is 5.75 Å². The second kappa shape index (κ2) is 7.92. The lowest BCUT2D eigenvalue weighted by Crippen LogP contribution is -2.36. The smallest absolute Gasteiger partial charge is 0.127 e. The topological polar surface area (TPSA) is 37.8 Å². The van der Waals surface area contributed by atoms with Gasteiger partial charge in [0.2, 0.25) is 0 Å². The minimum absolute atomic E-state index is 0.193. The van der Waals surface area contributed by atoms with E-state index in [-0.39, 0.29) is 5.54 Å². The average molecular weight is 322 g/mol. The van der Waals surface area contributed by atoms with Crippen molar-refractivity contribution in [2.24, 2.45) is 0 Å². The maximum absolute atomic E-state index is 4.29. The first-order chi connectivity index (χ1) is 10.0. The number of benzene rings is 1. The highest BCUT2D eigenvalue weighted by atomic mass is 32.2. The van der Waals surface area contributed by atoms with E-state index in [1.165, 1.54) is 4.90 Å². The Labute approximate surface area is 135 Å². The van der Waals surface area contributed by atoms with Gasteiger partial charge >= 0.3 is 0 Å². The van der Waals surface area contributed by atoms with Crippen molar-refractivity contribution in [1.82, 2.24) is 15.5 Å². The standard InChI is InChI=1S/C16H23N3S2/c1-16(2,3)17-11-7-10-14-18-19-15(21-14)12-20-13-8-5-4-6-9-13/h4-6,8-9,17H,7,10-12H2,1-3H3. The zero-order chi connectivity index (χ0) is 15.1. The molecule has 1 N–H and O–H groups in total. The monoisotopic (exact) mass is 321 g/mol. The van der Waals surface area contributed by atoms with Crippen LogP contribution in [0.15, 0.2) is 35.2 Å². The van der Waals surface area contributed by atoms with Crippen LogP contribution in [0.4, 0.5) is 0 Å². The third-order valence-corrected chi connectivity index (χ3v) is 5.03. The van der Waals surface area contributed by atoms with E-state index in [2.05, 4.69) is 60.6 Å². The molecule has 21 heavy (non-hydrogen) atoms. The third kappa shape index (κ3) is 6.59. The van der Waals surface area contributed by atoms with E-state index in [0.717, 1.165) is 35.2 Å². The second-order valence-corrected chi connectivity index (χ2v) is 8.17. The van der Waals surface area contributed by atoms with Crippen molar-refractivity contribution in [1.29, 1.82) is 0 Å². The van der Waals surface area contributed by atoms with Crippen molar-refractivity contribution in [3.63, 3.8) is 0 Å². The largest absolute Gasteiger partial charge is 0.312 e. The van der Waals surface area contributed by atoms with Crippen molar-refractivity contribution in [2.75, 3.05) is 6.54 Å². The van der Waals surface area contributed by atoms with Crippen LogP contribution in [0.2, 0.25) is 0 Å². The molecule has 0 atom stereocenters. The molecule has 0 unspecified atom stereocenters. The first kappa shape index (κ1) is 16.5. The Balaban J connectivity index is 1.71. The molecule has 0 saturated heterocycles. The molecule has 1 aromatic heterocycles. The van der Waals surface area contributed by atoms with Gasteiger partial charge < -0.3 is 5.32 Å². The van der Waals surface area contributed by atoms with E-state index < -0.39 is 0 Å². The molecule has 0 radical (unpaired) electrons. The van der Waals surface area contributed by atoms with Gasteiger partial charge in [0.25, 0.3) is 0 Å². The zero-order valence-corrected chi connectivity index (χ0v) is 14.6. The van der Waals surface area contributed by atoms with Gasteiger partial charge in [0, 0.05) is 16.9 Å². The lowest BCUT2D eigenvalue weighted by Gasteiger charge is -2.20. The van der Waals surface area contributed by atoms with Crippen molar-refractivity contribution in [2.45, 2.75) is 49.8 Å². The quantitative estimate of drug-likeness (QED) is 0.614. The first-order valence-corrected chi connectivity index (χ1v) is 9.07. The van der Waals surface area contributed by atoms with Crippen LogP contribution in [0.25, 0.3) is 0 Å². The van der Waals surface area contributed by atoms with Crippen LogP contribution >= 0.6 is 23.1 Å². The van der Waals surface area contributed by atoms with Gasteiger partial charge in [0.15, 0.2) is 0 Å². The van der Waals surface area contributed by atoms with Crippen LogP contribution < -0.4 is 5.32 Å². The molecule has 0 spiro atoms. The molecule has 0 aliphatic heterocycles. The Hall–Kier alpha value is -0.910. The minimum Gasteiger partial charge on any atom is -0.312 e. The Morgan fingerprint density at radius 3 is 2.52 bits per heavy atom. The third-order valence-electron chi connectivity index (χ3n) is 2.84. The Morgan fingerprint density at radius 2 is 1.81 bits per heavy atom. The molecular formula is C16H23N3S2. The first-order valence-electron chi connectivity index (χ1n) is 7.27. The number of aromatic nitrogens is 2. The molecule has 0 amide bonds. The molecule has 0 saturated carbocycles. The number of aryl methyl sites for hydroxylation is 1. The fourth-order valence-corrected chi connectivity index (χ4v) is 3.60. The SMILES string of the molecule is CC(C)(C)NCCCc1nnc(CSc2ccccc2)s1. The summed E-state index contributed by atoms with van der Waals surface area (Å²) in [5, 5.41) is 14.3. The van der Waals surface area contributed by atoms with Crippen LogP contribution in [-0.2, 0) is 12.2 Å². The summed E-state index contributed by atoms with van der Waals surface area (Å²) in [5.74, 6) is 0.905. The minimum atomic E-state index is 0.193. The fourth-order valence-electron chi connectivity index (χ4n) is 1.81. The number of thioether (sulfide) groups is 1. The number of hydrogen-bond acceptors (Lipinski definition) is 5. The van der Waals surface area contributed by atoms with Crippen LogP contribution in [0.3, 0.4) is 0 Å². The molecule has 0 fully saturated rings. The van der Waals surface area contributed by atoms with Gasteiger partial charge in [-0.15, -0.1) is 33.3 Å². The molecule has 0 bridgehead atoms. The van der Waals surface area contributed by atoms with Crippen molar-refractivity contribution in [3.8, 4) is 0 Å². The number of nitrogens with zero attached hydrogens (tertiary/aromatic N) is 2. The van der Waals surface area contributed by atoms with Crippen LogP contribution in [0.1, 0.15) is 37.2 Å². The molecule has 2 aromatic rings. The van der Waals surface area contributed by atoms with Crippen molar-refractivity contribution >= 4 is 23.1 Å². The molecule has 5 heteroatoms. The molecule has 2 rings (SSSR count). The summed E-state index contributed by atoms with van der Waals surface area (Å²) in [6.07, 6.45) is 2.12. The van der Waals surface area contributed by atoms with Crippen LogP contribution in [-0.4, -0.2) is 22.3 Å². The van der Waals surface area contributed by atoms with Crippen molar-refractivity contribution < 1.29 is 0 Å². The van der Waals surface area contributed by atoms with E-state index in [1.54, 1.807) is 11.3 Å². The second-order valence-electron chi connectivity index (χ2n) is 5.97. The molecule has 0 aliphatic rings. The molecule has 3 nitrogen and oxygen atoms in total. The molecule has 114 valence electrons. The summed E-state index contributed by atoms with van der Waals surface area (Å²) in [6.45, 7) is 7.60. The lowest BCUT2D eigenvalue weighted by molar-refractivity contribution is 0.422. The Morgan fingerprint density at radius 1 is 1.10 bits per heavy atom. The molecule has 1 aromatic carbocycles. The summed E-state index contributed by atoms with van der Waals surface area (Å²) in [5.41, 5.74) is 0.193. The van der Waals surface area contributed by atoms with Gasteiger partial charge in [-0.05, 0) is 45.9 Å². The summed E-state index contributed by atoms with van der Waals surface area (Å²) >= 11 is 3.55. The van der Waals surface area contributed by atoms with E-state index >= 15 is 0 Å². The van der Waals surface area contributed by atoms with Crippen LogP contribution in [0.5, 0.6) is 0 Å². The normalized spacial score (nSPS) is 11.8. The van der Waals surface area contributed by atoms with E-state index in [1.807, 2.05) is 17.8 Å². The number of rotatable bonds is 7. The summed E-state index contributed by atoms with van der Waals surface area (Å²) in [4.78, 5) is 1.28. The maximum Gasteiger partial charge on any atom is 0.127 e. The van der Waals surface area contributed by atoms with E-state index in [0.29, 0.717) is 0 Å². The van der Waals surface area contributed by atoms with Crippen molar-refractivity contribution in [3.05, 3.63) is 40.3 Å². The van der Waals surface area contributed by atoms with Gasteiger partial charge in [-0.3, -0.25) is 0 Å². The number of nitrogens with one attached hydrogen (secondary N) is 1. The summed E-state index contributed by atoms with van der Waals surface area (Å²) in [6, 6.07) is 10.4. The zero-order valence-electron chi connectivity index (χ0n) is 12.9. The predicted molar refractivity (Wildman–Crippen MR) is 92.0 cm³/mol. The molecular weight excluding hydrogens is 298 g/mol. The Bertz CT molecular complexity index is 532. The molecule has 1 heterocycles. The Kier molecular flexibility index (Phi) is 6.21. The van der Waals surface area contributed by atoms with Gasteiger partial charge in [0.1, 0.15) is 10.0 Å².